The summed E-state index contributed by atoms with van der Waals surface area (Å²) < 4.78 is 56.0. The number of hydrogen-bond donors (Lipinski definition) is 0. The Bertz CT molecular complexity index is 758. The Morgan fingerprint density at radius 3 is 2.25 bits per heavy atom. The Balaban J connectivity index is 2.33. The normalized spacial score (nSPS) is 20.6. The van der Waals surface area contributed by atoms with Gasteiger partial charge in [0.15, 0.2) is 9.84 Å². The van der Waals surface area contributed by atoms with E-state index in [0.29, 0.717) is 18.7 Å². The first-order chi connectivity index (χ1) is 11.2. The molecule has 0 bridgehead atoms. The number of hydrogen-bond acceptors (Lipinski definition) is 6. The first-order valence-electron chi connectivity index (χ1n) is 7.67. The number of methoxy groups -OCH3 is 1. The lowest BCUT2D eigenvalue weighted by Crippen LogP contribution is -2.44. The fourth-order valence-corrected chi connectivity index (χ4v) is 6.15. The zero-order valence-electron chi connectivity index (χ0n) is 14.2. The Kier molecular flexibility index (Phi) is 5.90. The van der Waals surface area contributed by atoms with Gasteiger partial charge >= 0.3 is 0 Å². The van der Waals surface area contributed by atoms with Crippen LogP contribution < -0.4 is 4.74 Å². The van der Waals surface area contributed by atoms with Crippen molar-refractivity contribution >= 4 is 19.9 Å². The SMILES string of the molecule is COc1ccc(S(=O)(=O)N(CCN(C)C)[C@H]2CCS(=O)(=O)C2)cc1. The zero-order chi connectivity index (χ0) is 18.0. The van der Waals surface area contributed by atoms with Gasteiger partial charge in [-0.05, 0) is 44.8 Å². The smallest absolute Gasteiger partial charge is 0.243 e. The van der Waals surface area contributed by atoms with Crippen LogP contribution in [0.3, 0.4) is 0 Å². The number of sulfone groups is 1. The molecule has 0 saturated carbocycles. The number of likely N-dealkylation sites (N-methyl/N-ethyl adjacent to an activating group) is 1. The number of sulfonamides is 1. The summed E-state index contributed by atoms with van der Waals surface area (Å²) in [6.07, 6.45) is 0.338. The highest BCUT2D eigenvalue weighted by Crippen LogP contribution is 2.26. The molecule has 0 unspecified atom stereocenters. The Labute approximate surface area is 144 Å². The van der Waals surface area contributed by atoms with E-state index in [-0.39, 0.29) is 22.9 Å². The van der Waals surface area contributed by atoms with Crippen LogP contribution in [-0.2, 0) is 19.9 Å². The fourth-order valence-electron chi connectivity index (χ4n) is 2.68. The molecule has 1 aromatic carbocycles. The van der Waals surface area contributed by atoms with E-state index in [9.17, 15) is 16.8 Å². The van der Waals surface area contributed by atoms with Crippen LogP contribution in [0.15, 0.2) is 29.2 Å². The van der Waals surface area contributed by atoms with Gasteiger partial charge in [-0.2, -0.15) is 4.31 Å². The number of benzene rings is 1. The minimum atomic E-state index is -3.77. The molecule has 0 radical (unpaired) electrons. The van der Waals surface area contributed by atoms with Gasteiger partial charge in [-0.15, -0.1) is 0 Å². The van der Waals surface area contributed by atoms with E-state index in [0.717, 1.165) is 0 Å². The van der Waals surface area contributed by atoms with Crippen LogP contribution in [0.1, 0.15) is 6.42 Å². The first kappa shape index (κ1) is 19.2. The molecule has 1 heterocycles. The van der Waals surface area contributed by atoms with Gasteiger partial charge in [0.2, 0.25) is 10.0 Å². The van der Waals surface area contributed by atoms with Crippen molar-refractivity contribution in [3.63, 3.8) is 0 Å². The molecule has 1 aliphatic rings. The Morgan fingerprint density at radius 2 is 1.79 bits per heavy atom. The third-order valence-electron chi connectivity index (χ3n) is 4.05. The lowest BCUT2D eigenvalue weighted by Gasteiger charge is -2.28. The lowest BCUT2D eigenvalue weighted by atomic mass is 10.2. The quantitative estimate of drug-likeness (QED) is 0.686. The molecule has 1 fully saturated rings. The minimum absolute atomic E-state index is 0.0360. The number of nitrogens with zero attached hydrogens (tertiary/aromatic N) is 2. The maximum atomic E-state index is 13.0. The molecular formula is C15H24N2O5S2. The van der Waals surface area contributed by atoms with E-state index in [4.69, 9.17) is 4.74 Å². The van der Waals surface area contributed by atoms with Crippen molar-refractivity contribution in [2.24, 2.45) is 0 Å². The third kappa shape index (κ3) is 4.47. The highest BCUT2D eigenvalue weighted by molar-refractivity contribution is 7.92. The number of ether oxygens (including phenoxy) is 1. The van der Waals surface area contributed by atoms with E-state index in [2.05, 4.69) is 0 Å². The van der Waals surface area contributed by atoms with Crippen LogP contribution in [0.4, 0.5) is 0 Å². The fraction of sp³-hybridized carbons (Fsp3) is 0.600. The average Bonchev–Trinajstić information content (AvgIpc) is 2.86. The zero-order valence-corrected chi connectivity index (χ0v) is 15.8. The van der Waals surface area contributed by atoms with Crippen molar-refractivity contribution in [3.8, 4) is 5.75 Å². The molecule has 136 valence electrons. The molecule has 1 saturated heterocycles. The topological polar surface area (TPSA) is 84.0 Å². The maximum absolute atomic E-state index is 13.0. The molecule has 7 nitrogen and oxygen atoms in total. The monoisotopic (exact) mass is 376 g/mol. The second kappa shape index (κ2) is 7.38. The van der Waals surface area contributed by atoms with Crippen molar-refractivity contribution < 1.29 is 21.6 Å². The summed E-state index contributed by atoms with van der Waals surface area (Å²) >= 11 is 0. The lowest BCUT2D eigenvalue weighted by molar-refractivity contribution is 0.293. The van der Waals surface area contributed by atoms with Gasteiger partial charge in [0.1, 0.15) is 5.75 Å². The van der Waals surface area contributed by atoms with E-state index >= 15 is 0 Å². The molecule has 1 atom stereocenters. The summed E-state index contributed by atoms with van der Waals surface area (Å²) in [6.45, 7) is 0.771. The molecule has 2 rings (SSSR count). The van der Waals surface area contributed by atoms with Gasteiger partial charge in [-0.3, -0.25) is 0 Å². The molecule has 0 aliphatic carbocycles. The van der Waals surface area contributed by atoms with Crippen molar-refractivity contribution in [2.75, 3.05) is 45.8 Å². The second-order valence-corrected chi connectivity index (χ2v) is 10.3. The molecule has 1 aliphatic heterocycles. The standard InChI is InChI=1S/C15H24N2O5S2/c1-16(2)9-10-17(13-8-11-23(18,19)12-13)24(20,21)15-6-4-14(22-3)5-7-15/h4-7,13H,8-12H2,1-3H3/t13-/m0/s1. The van der Waals surface area contributed by atoms with Crippen molar-refractivity contribution in [3.05, 3.63) is 24.3 Å². The summed E-state index contributed by atoms with van der Waals surface area (Å²) in [5.74, 6) is 0.488. The van der Waals surface area contributed by atoms with E-state index in [1.807, 2.05) is 19.0 Å². The summed E-state index contributed by atoms with van der Waals surface area (Å²) in [6, 6.07) is 5.63. The van der Waals surface area contributed by atoms with Crippen molar-refractivity contribution in [1.29, 1.82) is 0 Å². The highest BCUT2D eigenvalue weighted by Gasteiger charge is 2.38. The van der Waals surface area contributed by atoms with Crippen LogP contribution in [-0.4, -0.2) is 77.9 Å². The first-order valence-corrected chi connectivity index (χ1v) is 10.9. The molecule has 9 heteroatoms. The summed E-state index contributed by atoms with van der Waals surface area (Å²) in [4.78, 5) is 2.02. The van der Waals surface area contributed by atoms with E-state index in [1.165, 1.54) is 23.5 Å². The third-order valence-corrected chi connectivity index (χ3v) is 7.77. The molecule has 1 aromatic rings. The van der Waals surface area contributed by atoms with Crippen LogP contribution >= 0.6 is 0 Å². The second-order valence-electron chi connectivity index (χ2n) is 6.15. The molecule has 24 heavy (non-hydrogen) atoms. The van der Waals surface area contributed by atoms with Crippen molar-refractivity contribution in [1.82, 2.24) is 9.21 Å². The summed E-state index contributed by atoms with van der Waals surface area (Å²) in [5, 5.41) is 0. The number of rotatable bonds is 7. The van der Waals surface area contributed by atoms with Gasteiger partial charge in [-0.1, -0.05) is 0 Å². The minimum Gasteiger partial charge on any atom is -0.497 e. The average molecular weight is 377 g/mol. The van der Waals surface area contributed by atoms with Gasteiger partial charge < -0.3 is 9.64 Å². The van der Waals surface area contributed by atoms with Crippen LogP contribution in [0, 0.1) is 0 Å². The molecule has 0 aromatic heterocycles. The highest BCUT2D eigenvalue weighted by atomic mass is 32.2. The Morgan fingerprint density at radius 1 is 1.17 bits per heavy atom. The molecule has 0 spiro atoms. The van der Waals surface area contributed by atoms with Crippen LogP contribution in [0.2, 0.25) is 0 Å². The van der Waals surface area contributed by atoms with Gasteiger partial charge in [0.05, 0.1) is 23.5 Å². The van der Waals surface area contributed by atoms with Gasteiger partial charge in [0.25, 0.3) is 0 Å². The Hall–Kier alpha value is -1.16. The van der Waals surface area contributed by atoms with Gasteiger partial charge in [-0.25, -0.2) is 16.8 Å². The summed E-state index contributed by atoms with van der Waals surface area (Å²) in [7, 11) is -1.73. The predicted octanol–water partition coefficient (Wildman–Crippen LogP) is 0.435. The molecule has 0 amide bonds. The van der Waals surface area contributed by atoms with Crippen molar-refractivity contribution in [2.45, 2.75) is 17.4 Å². The van der Waals surface area contributed by atoms with Gasteiger partial charge in [0, 0.05) is 19.1 Å². The van der Waals surface area contributed by atoms with E-state index < -0.39 is 25.9 Å². The molecular weight excluding hydrogens is 352 g/mol. The summed E-state index contributed by atoms with van der Waals surface area (Å²) in [5.41, 5.74) is 0. The molecule has 0 N–H and O–H groups in total. The van der Waals surface area contributed by atoms with E-state index in [1.54, 1.807) is 12.1 Å². The largest absolute Gasteiger partial charge is 0.497 e. The van der Waals surface area contributed by atoms with Crippen LogP contribution in [0.5, 0.6) is 5.75 Å². The maximum Gasteiger partial charge on any atom is 0.243 e. The van der Waals surface area contributed by atoms with Crippen LogP contribution in [0.25, 0.3) is 0 Å². The predicted molar refractivity (Wildman–Crippen MR) is 92.5 cm³/mol.